The topological polar surface area (TPSA) is 101 Å². The van der Waals surface area contributed by atoms with Crippen LogP contribution in [0.3, 0.4) is 0 Å². The van der Waals surface area contributed by atoms with Crippen molar-refractivity contribution < 1.29 is 14.2 Å². The van der Waals surface area contributed by atoms with E-state index in [1.165, 1.54) is 0 Å². The van der Waals surface area contributed by atoms with Crippen LogP contribution in [0.2, 0.25) is 0 Å². The van der Waals surface area contributed by atoms with Gasteiger partial charge in [0.15, 0.2) is 23.0 Å². The van der Waals surface area contributed by atoms with Gasteiger partial charge in [0, 0.05) is 18.8 Å². The first kappa shape index (κ1) is 23.8. The molecule has 6 aromatic rings. The third kappa shape index (κ3) is 3.84. The predicted molar refractivity (Wildman–Crippen MR) is 147 cm³/mol. The molecule has 0 saturated heterocycles. The molecule has 1 unspecified atom stereocenters. The lowest BCUT2D eigenvalue weighted by Gasteiger charge is -2.26. The molecule has 198 valence electrons. The van der Waals surface area contributed by atoms with Crippen LogP contribution in [-0.4, -0.2) is 48.6 Å². The lowest BCUT2D eigenvalue weighted by molar-refractivity contribution is 0.354. The molecule has 0 aliphatic carbocycles. The van der Waals surface area contributed by atoms with Gasteiger partial charge in [0.1, 0.15) is 6.33 Å². The molecular formula is C30H25N7O3. The molecule has 1 atom stereocenters. The Morgan fingerprint density at radius 3 is 2.55 bits per heavy atom. The molecule has 0 spiro atoms. The second-order valence-electron chi connectivity index (χ2n) is 9.50. The summed E-state index contributed by atoms with van der Waals surface area (Å²) in [5.41, 5.74) is 6.19. The molecule has 0 fully saturated rings. The highest BCUT2D eigenvalue weighted by Crippen LogP contribution is 2.49. The van der Waals surface area contributed by atoms with E-state index in [9.17, 15) is 0 Å². The van der Waals surface area contributed by atoms with E-state index in [4.69, 9.17) is 29.4 Å². The van der Waals surface area contributed by atoms with Crippen LogP contribution in [-0.2, 0) is 6.42 Å². The smallest absolute Gasteiger partial charge is 0.230 e. The van der Waals surface area contributed by atoms with E-state index in [0.29, 0.717) is 41.2 Å². The monoisotopic (exact) mass is 531 g/mol. The van der Waals surface area contributed by atoms with Gasteiger partial charge >= 0.3 is 0 Å². The highest BCUT2D eigenvalue weighted by atomic mass is 16.5. The number of para-hydroxylation sites is 1. The van der Waals surface area contributed by atoms with Crippen LogP contribution in [0.5, 0.6) is 23.3 Å². The second-order valence-corrected chi connectivity index (χ2v) is 9.50. The fourth-order valence-corrected chi connectivity index (χ4v) is 5.29. The molecule has 0 amide bonds. The van der Waals surface area contributed by atoms with Crippen molar-refractivity contribution in [2.75, 3.05) is 14.2 Å². The molecule has 10 nitrogen and oxygen atoms in total. The zero-order chi connectivity index (χ0) is 27.2. The summed E-state index contributed by atoms with van der Waals surface area (Å²) in [6.07, 6.45) is 5.78. The van der Waals surface area contributed by atoms with Gasteiger partial charge in [0.05, 0.1) is 42.6 Å². The zero-order valence-corrected chi connectivity index (χ0v) is 22.1. The van der Waals surface area contributed by atoms with Crippen LogP contribution in [0.25, 0.3) is 11.3 Å². The average Bonchev–Trinajstić information content (AvgIpc) is 3.57. The highest BCUT2D eigenvalue weighted by molar-refractivity contribution is 5.66. The number of methoxy groups -OCH3 is 2. The van der Waals surface area contributed by atoms with Crippen molar-refractivity contribution >= 4 is 5.65 Å². The first-order chi connectivity index (χ1) is 19.6. The maximum absolute atomic E-state index is 6.48. The quantitative estimate of drug-likeness (QED) is 0.298. The molecule has 1 aliphatic rings. The van der Waals surface area contributed by atoms with Crippen LogP contribution < -0.4 is 14.2 Å². The third-order valence-corrected chi connectivity index (χ3v) is 7.09. The van der Waals surface area contributed by atoms with E-state index < -0.39 is 0 Å². The van der Waals surface area contributed by atoms with Crippen LogP contribution in [0.4, 0.5) is 0 Å². The first-order valence-corrected chi connectivity index (χ1v) is 12.8. The highest BCUT2D eigenvalue weighted by Gasteiger charge is 2.38. The van der Waals surface area contributed by atoms with Crippen LogP contribution in [0.1, 0.15) is 39.7 Å². The Kier molecular flexibility index (Phi) is 5.66. The zero-order valence-electron chi connectivity index (χ0n) is 22.1. The molecule has 4 aromatic heterocycles. The normalized spacial score (nSPS) is 13.9. The minimum Gasteiger partial charge on any atom is -0.493 e. The summed E-state index contributed by atoms with van der Waals surface area (Å²) in [7, 11) is 3.24. The van der Waals surface area contributed by atoms with Gasteiger partial charge in [-0.05, 0) is 48.4 Å². The van der Waals surface area contributed by atoms with Crippen molar-refractivity contribution in [2.24, 2.45) is 0 Å². The number of ether oxygens (including phenoxy) is 3. The Hall–Kier alpha value is -5.25. The molecule has 0 N–H and O–H groups in total. The van der Waals surface area contributed by atoms with E-state index in [1.807, 2.05) is 72.4 Å². The molecule has 10 heteroatoms. The lowest BCUT2D eigenvalue weighted by Crippen LogP contribution is -2.16. The number of pyridine rings is 1. The summed E-state index contributed by atoms with van der Waals surface area (Å²) in [4.78, 5) is 14.1. The molecule has 2 aromatic carbocycles. The van der Waals surface area contributed by atoms with Gasteiger partial charge in [-0.2, -0.15) is 5.10 Å². The Morgan fingerprint density at radius 2 is 1.77 bits per heavy atom. The minimum absolute atomic E-state index is 0.251. The molecule has 5 heterocycles. The van der Waals surface area contributed by atoms with Gasteiger partial charge in [-0.1, -0.05) is 30.3 Å². The second kappa shape index (κ2) is 9.49. The molecule has 1 aliphatic heterocycles. The van der Waals surface area contributed by atoms with E-state index in [1.54, 1.807) is 31.3 Å². The molecule has 0 bridgehead atoms. The summed E-state index contributed by atoms with van der Waals surface area (Å²) in [6, 6.07) is 19.7. The fraction of sp³-hybridized carbons (Fsp3) is 0.167. The molecule has 0 radical (unpaired) electrons. The van der Waals surface area contributed by atoms with Crippen LogP contribution in [0, 0.1) is 6.92 Å². The van der Waals surface area contributed by atoms with E-state index in [-0.39, 0.29) is 5.92 Å². The predicted octanol–water partition coefficient (Wildman–Crippen LogP) is 4.91. The number of aromatic nitrogens is 7. The molecular weight excluding hydrogens is 506 g/mol. The van der Waals surface area contributed by atoms with Crippen LogP contribution in [0.15, 0.2) is 79.4 Å². The maximum Gasteiger partial charge on any atom is 0.230 e. The van der Waals surface area contributed by atoms with Gasteiger partial charge < -0.3 is 14.2 Å². The fourth-order valence-electron chi connectivity index (χ4n) is 5.29. The number of rotatable bonds is 6. The number of hydrogen-bond acceptors (Lipinski definition) is 8. The molecule has 40 heavy (non-hydrogen) atoms. The first-order valence-electron chi connectivity index (χ1n) is 12.8. The number of benzene rings is 2. The SMILES string of the molecule is COc1ccc(Cc2nc3c4c(ncn3n2)Oc2c(c(C)nn2-c2ccccc2)C4c2cccnc2)cc1OC. The summed E-state index contributed by atoms with van der Waals surface area (Å²) in [5, 5.41) is 9.62. The van der Waals surface area contributed by atoms with E-state index in [0.717, 1.165) is 33.6 Å². The summed E-state index contributed by atoms with van der Waals surface area (Å²) in [6.45, 7) is 2.00. The van der Waals surface area contributed by atoms with Gasteiger partial charge in [-0.15, -0.1) is 5.10 Å². The lowest BCUT2D eigenvalue weighted by atomic mass is 9.85. The van der Waals surface area contributed by atoms with Gasteiger partial charge in [0.25, 0.3) is 0 Å². The van der Waals surface area contributed by atoms with Gasteiger partial charge in [-0.25, -0.2) is 19.2 Å². The summed E-state index contributed by atoms with van der Waals surface area (Å²) >= 11 is 0. The molecule has 0 saturated carbocycles. The van der Waals surface area contributed by atoms with Crippen molar-refractivity contribution in [3.8, 4) is 28.9 Å². The third-order valence-electron chi connectivity index (χ3n) is 7.09. The van der Waals surface area contributed by atoms with Crippen molar-refractivity contribution in [3.05, 3.63) is 113 Å². The largest absolute Gasteiger partial charge is 0.493 e. The van der Waals surface area contributed by atoms with E-state index in [2.05, 4.69) is 16.0 Å². The molecule has 7 rings (SSSR count). The average molecular weight is 532 g/mol. The summed E-state index contributed by atoms with van der Waals surface area (Å²) in [5.74, 6) is 2.83. The number of fused-ring (bicyclic) bond motifs is 4. The minimum atomic E-state index is -0.251. The van der Waals surface area contributed by atoms with Crippen molar-refractivity contribution in [2.45, 2.75) is 19.3 Å². The van der Waals surface area contributed by atoms with Crippen molar-refractivity contribution in [1.82, 2.24) is 34.3 Å². The van der Waals surface area contributed by atoms with Crippen molar-refractivity contribution in [1.29, 1.82) is 0 Å². The Balaban J connectivity index is 1.38. The van der Waals surface area contributed by atoms with Gasteiger partial charge in [0.2, 0.25) is 11.8 Å². The Morgan fingerprint density at radius 1 is 0.925 bits per heavy atom. The number of nitrogens with zero attached hydrogens (tertiary/aromatic N) is 7. The summed E-state index contributed by atoms with van der Waals surface area (Å²) < 4.78 is 20.9. The van der Waals surface area contributed by atoms with E-state index >= 15 is 0 Å². The van der Waals surface area contributed by atoms with Crippen molar-refractivity contribution in [3.63, 3.8) is 0 Å². The van der Waals surface area contributed by atoms with Gasteiger partial charge in [-0.3, -0.25) is 4.98 Å². The number of aryl methyl sites for hydroxylation is 1. The Bertz CT molecular complexity index is 1850. The number of hydrogen-bond donors (Lipinski definition) is 0. The Labute approximate surface area is 229 Å². The maximum atomic E-state index is 6.48. The van der Waals surface area contributed by atoms with Crippen LogP contribution >= 0.6 is 0 Å². The standard InChI is InChI=1S/C30H25N7O3/c1-18-25-26(20-8-7-13-31-16-20)27-28-33-24(15-19-11-12-22(38-2)23(14-19)39-3)35-36(28)17-32-29(27)40-30(25)37(34-18)21-9-5-4-6-10-21/h4-14,16-17,26H,15H2,1-3H3.